The average Bonchev–Trinajstić information content (AvgIpc) is 3.17. The minimum atomic E-state index is -5.00. The van der Waals surface area contributed by atoms with Crippen LogP contribution in [-0.2, 0) is 16.1 Å². The molecular formula is C24H25F3N2O3. The normalized spacial score (nSPS) is 15.2. The first-order valence-electron chi connectivity index (χ1n) is 10.7. The molecule has 0 bridgehead atoms. The highest BCUT2D eigenvalue weighted by Crippen LogP contribution is 2.39. The van der Waals surface area contributed by atoms with E-state index in [1.807, 2.05) is 13.0 Å². The second kappa shape index (κ2) is 9.34. The highest BCUT2D eigenvalue weighted by molar-refractivity contribution is 6.17. The molecule has 1 aliphatic heterocycles. The van der Waals surface area contributed by atoms with Gasteiger partial charge in [0.15, 0.2) is 0 Å². The summed E-state index contributed by atoms with van der Waals surface area (Å²) in [6.07, 6.45) is -3.42. The lowest BCUT2D eigenvalue weighted by molar-refractivity contribution is -0.0883. The number of aromatic amines is 1. The van der Waals surface area contributed by atoms with Gasteiger partial charge in [0.2, 0.25) is 0 Å². The molecule has 1 aromatic heterocycles. The van der Waals surface area contributed by atoms with Crippen LogP contribution < -0.4 is 5.32 Å². The Morgan fingerprint density at radius 2 is 1.91 bits per heavy atom. The van der Waals surface area contributed by atoms with Gasteiger partial charge in [0.1, 0.15) is 0 Å². The number of fused-ring (bicyclic) bond motifs is 1. The number of carbonyl (C=O) groups excluding carboxylic acids is 1. The number of halogens is 3. The van der Waals surface area contributed by atoms with Gasteiger partial charge >= 0.3 is 6.18 Å². The topological polar surface area (TPSA) is 63.4 Å². The summed E-state index contributed by atoms with van der Waals surface area (Å²) < 4.78 is 51.7. The van der Waals surface area contributed by atoms with Crippen LogP contribution in [-0.4, -0.2) is 42.8 Å². The Kier molecular flexibility index (Phi) is 6.53. The average molecular weight is 446 g/mol. The molecule has 0 atom stereocenters. The van der Waals surface area contributed by atoms with Gasteiger partial charge in [0.05, 0.1) is 29.1 Å². The number of hydrogen-bond donors (Lipinski definition) is 2. The van der Waals surface area contributed by atoms with Gasteiger partial charge in [-0.1, -0.05) is 30.3 Å². The Bertz CT molecular complexity index is 1090. The first-order valence-corrected chi connectivity index (χ1v) is 10.7. The third kappa shape index (κ3) is 4.66. The van der Waals surface area contributed by atoms with E-state index in [-0.39, 0.29) is 29.3 Å². The predicted octanol–water partition coefficient (Wildman–Crippen LogP) is 5.71. The number of rotatable bonds is 7. The van der Waals surface area contributed by atoms with E-state index in [2.05, 4.69) is 10.3 Å². The summed E-state index contributed by atoms with van der Waals surface area (Å²) in [5.41, 5.74) is 2.13. The molecule has 0 amide bonds. The third-order valence-corrected chi connectivity index (χ3v) is 5.57. The van der Waals surface area contributed by atoms with E-state index in [0.29, 0.717) is 42.2 Å². The molecule has 2 heterocycles. The molecule has 2 aromatic carbocycles. The lowest BCUT2D eigenvalue weighted by atomic mass is 9.99. The number of Topliss-reactive ketones (excluding diaryl/α,β-unsaturated/α-hetero) is 1. The molecule has 0 unspecified atom stereocenters. The van der Waals surface area contributed by atoms with E-state index >= 15 is 0 Å². The Morgan fingerprint density at radius 3 is 2.56 bits per heavy atom. The molecule has 8 heteroatoms. The Balaban J connectivity index is 1.92. The molecule has 32 heavy (non-hydrogen) atoms. The van der Waals surface area contributed by atoms with Gasteiger partial charge in [0.25, 0.3) is 5.78 Å². The van der Waals surface area contributed by atoms with Crippen molar-refractivity contribution in [1.29, 1.82) is 0 Å². The first-order chi connectivity index (χ1) is 15.4. The van der Waals surface area contributed by atoms with Crippen LogP contribution in [0.25, 0.3) is 22.2 Å². The Labute approximate surface area is 183 Å². The van der Waals surface area contributed by atoms with Crippen LogP contribution in [0.5, 0.6) is 0 Å². The van der Waals surface area contributed by atoms with Crippen LogP contribution in [0.4, 0.5) is 18.9 Å². The monoisotopic (exact) mass is 446 g/mol. The predicted molar refractivity (Wildman–Crippen MR) is 117 cm³/mol. The largest absolute Gasteiger partial charge is 0.454 e. The number of ketones is 1. The van der Waals surface area contributed by atoms with Crippen LogP contribution >= 0.6 is 0 Å². The molecule has 1 aliphatic rings. The Morgan fingerprint density at radius 1 is 1.19 bits per heavy atom. The van der Waals surface area contributed by atoms with Gasteiger partial charge in [-0.05, 0) is 43.0 Å². The fourth-order valence-electron chi connectivity index (χ4n) is 4.03. The Hall–Kier alpha value is -2.84. The summed E-state index contributed by atoms with van der Waals surface area (Å²) in [7, 11) is 0. The summed E-state index contributed by atoms with van der Waals surface area (Å²) in [6.45, 7) is 3.80. The van der Waals surface area contributed by atoms with Gasteiger partial charge in [-0.2, -0.15) is 13.2 Å². The molecule has 1 saturated heterocycles. The lowest BCUT2D eigenvalue weighted by Gasteiger charge is -2.24. The molecule has 2 N–H and O–H groups in total. The van der Waals surface area contributed by atoms with Crippen molar-refractivity contribution in [2.45, 2.75) is 38.6 Å². The second-order valence-electron chi connectivity index (χ2n) is 7.80. The molecule has 170 valence electrons. The van der Waals surface area contributed by atoms with E-state index in [1.165, 1.54) is 0 Å². The van der Waals surface area contributed by atoms with Crippen molar-refractivity contribution in [2.24, 2.45) is 0 Å². The number of hydrogen-bond acceptors (Lipinski definition) is 4. The number of carbonyl (C=O) groups is 1. The molecule has 5 nitrogen and oxygen atoms in total. The SMILES string of the molecule is CCOCc1cc(NC2CCOCC2)c2[nH]c(-c3ccccc3)c(C(=O)C(F)(F)F)c2c1. The zero-order valence-corrected chi connectivity index (χ0v) is 17.7. The maximum atomic E-state index is 13.6. The highest BCUT2D eigenvalue weighted by atomic mass is 19.4. The highest BCUT2D eigenvalue weighted by Gasteiger charge is 2.42. The zero-order valence-electron chi connectivity index (χ0n) is 17.7. The third-order valence-electron chi connectivity index (χ3n) is 5.57. The number of H-pyrrole nitrogens is 1. The maximum Gasteiger partial charge on any atom is 0.454 e. The fraction of sp³-hybridized carbons (Fsp3) is 0.375. The summed E-state index contributed by atoms with van der Waals surface area (Å²) in [5, 5.41) is 3.69. The minimum Gasteiger partial charge on any atom is -0.381 e. The maximum absolute atomic E-state index is 13.6. The summed E-state index contributed by atoms with van der Waals surface area (Å²) in [5.74, 6) is -1.87. The van der Waals surface area contributed by atoms with Crippen molar-refractivity contribution in [3.05, 3.63) is 53.6 Å². The van der Waals surface area contributed by atoms with E-state index in [9.17, 15) is 18.0 Å². The number of ether oxygens (including phenoxy) is 2. The fourth-order valence-corrected chi connectivity index (χ4v) is 4.03. The van der Waals surface area contributed by atoms with Crippen molar-refractivity contribution in [2.75, 3.05) is 25.1 Å². The molecule has 0 saturated carbocycles. The van der Waals surface area contributed by atoms with E-state index < -0.39 is 12.0 Å². The molecule has 4 rings (SSSR count). The summed E-state index contributed by atoms with van der Waals surface area (Å²) >= 11 is 0. The van der Waals surface area contributed by atoms with E-state index in [4.69, 9.17) is 9.47 Å². The molecule has 3 aromatic rings. The number of anilines is 1. The molecule has 0 aliphatic carbocycles. The van der Waals surface area contributed by atoms with E-state index in [1.54, 1.807) is 36.4 Å². The van der Waals surface area contributed by atoms with Crippen molar-refractivity contribution in [1.82, 2.24) is 4.98 Å². The molecular weight excluding hydrogens is 421 g/mol. The van der Waals surface area contributed by atoms with E-state index in [0.717, 1.165) is 12.8 Å². The lowest BCUT2D eigenvalue weighted by Crippen LogP contribution is -2.28. The zero-order chi connectivity index (χ0) is 22.7. The van der Waals surface area contributed by atoms with Gasteiger partial charge in [-0.25, -0.2) is 0 Å². The van der Waals surface area contributed by atoms with Gasteiger partial charge in [0, 0.05) is 31.2 Å². The number of alkyl halides is 3. The molecule has 0 spiro atoms. The summed E-state index contributed by atoms with van der Waals surface area (Å²) in [6, 6.07) is 12.2. The van der Waals surface area contributed by atoms with Gasteiger partial charge < -0.3 is 19.8 Å². The van der Waals surface area contributed by atoms with Crippen LogP contribution in [0.1, 0.15) is 35.7 Å². The van der Waals surface area contributed by atoms with Crippen molar-refractivity contribution < 1.29 is 27.4 Å². The minimum absolute atomic E-state index is 0.125. The number of aromatic nitrogens is 1. The van der Waals surface area contributed by atoms with Gasteiger partial charge in [-0.3, -0.25) is 4.79 Å². The number of nitrogens with one attached hydrogen (secondary N) is 2. The van der Waals surface area contributed by atoms with Gasteiger partial charge in [-0.15, -0.1) is 0 Å². The van der Waals surface area contributed by atoms with Crippen molar-refractivity contribution in [3.63, 3.8) is 0 Å². The van der Waals surface area contributed by atoms with Crippen LogP contribution in [0, 0.1) is 0 Å². The molecule has 0 radical (unpaired) electrons. The van der Waals surface area contributed by atoms with Crippen LogP contribution in [0.3, 0.4) is 0 Å². The van der Waals surface area contributed by atoms with Crippen LogP contribution in [0.2, 0.25) is 0 Å². The van der Waals surface area contributed by atoms with Crippen LogP contribution in [0.15, 0.2) is 42.5 Å². The quantitative estimate of drug-likeness (QED) is 0.457. The number of benzene rings is 2. The smallest absolute Gasteiger partial charge is 0.381 e. The van der Waals surface area contributed by atoms with Crippen molar-refractivity contribution >= 4 is 22.4 Å². The second-order valence-corrected chi connectivity index (χ2v) is 7.80. The standard InChI is InChI=1S/C24H25F3N2O3/c1-2-31-14-15-12-18-20(23(30)24(25,26)27)21(16-6-4-3-5-7-16)29-22(18)19(13-15)28-17-8-10-32-11-9-17/h3-7,12-13,17,28-29H,2,8-11,14H2,1H3. The van der Waals surface area contributed by atoms with Crippen molar-refractivity contribution in [3.8, 4) is 11.3 Å². The molecule has 1 fully saturated rings. The summed E-state index contributed by atoms with van der Waals surface area (Å²) in [4.78, 5) is 15.7. The first kappa shape index (κ1) is 22.4.